The summed E-state index contributed by atoms with van der Waals surface area (Å²) < 4.78 is 0. The van der Waals surface area contributed by atoms with Crippen LogP contribution in [0.5, 0.6) is 0 Å². The van der Waals surface area contributed by atoms with Gasteiger partial charge < -0.3 is 20.2 Å². The SMILES string of the molecule is CCN(CC)[C@@H](C(=O)N1CCCC1c1ncc(-c2ccc(-c3ccc(-c4cnc([C@@H]5CCCN5)[nH]4)cc3)cc2)[nH]1)c1ccccc1. The molecule has 7 rings (SSSR count). The van der Waals surface area contributed by atoms with E-state index in [-0.39, 0.29) is 18.0 Å². The van der Waals surface area contributed by atoms with Crippen molar-refractivity contribution in [2.45, 2.75) is 57.7 Å². The predicted octanol–water partition coefficient (Wildman–Crippen LogP) is 7.30. The van der Waals surface area contributed by atoms with Gasteiger partial charge in [0.2, 0.25) is 5.91 Å². The number of benzene rings is 3. The summed E-state index contributed by atoms with van der Waals surface area (Å²) in [7, 11) is 0. The number of H-pyrrole nitrogens is 2. The van der Waals surface area contributed by atoms with Gasteiger partial charge in [-0.2, -0.15) is 0 Å². The number of aromatic amines is 2. The molecule has 3 atom stereocenters. The number of aromatic nitrogens is 4. The zero-order valence-corrected chi connectivity index (χ0v) is 26.7. The Hall–Kier alpha value is -4.53. The molecule has 4 heterocycles. The molecule has 1 unspecified atom stereocenters. The Morgan fingerprint density at radius 1 is 0.783 bits per heavy atom. The first-order valence-corrected chi connectivity index (χ1v) is 16.8. The van der Waals surface area contributed by atoms with Crippen molar-refractivity contribution in [2.75, 3.05) is 26.2 Å². The monoisotopic (exact) mass is 613 g/mol. The van der Waals surface area contributed by atoms with Gasteiger partial charge in [0.15, 0.2) is 0 Å². The quantitative estimate of drug-likeness (QED) is 0.154. The molecule has 46 heavy (non-hydrogen) atoms. The van der Waals surface area contributed by atoms with Crippen LogP contribution in [0.25, 0.3) is 33.6 Å². The fraction of sp³-hybridized carbons (Fsp3) is 0.342. The fourth-order valence-corrected chi connectivity index (χ4v) is 7.12. The molecule has 3 N–H and O–H groups in total. The van der Waals surface area contributed by atoms with Crippen LogP contribution in [0.3, 0.4) is 0 Å². The van der Waals surface area contributed by atoms with E-state index in [1.54, 1.807) is 0 Å². The molecule has 0 spiro atoms. The van der Waals surface area contributed by atoms with Gasteiger partial charge >= 0.3 is 0 Å². The van der Waals surface area contributed by atoms with E-state index in [1.807, 2.05) is 35.5 Å². The normalized spacial score (nSPS) is 18.8. The third-order valence-electron chi connectivity index (χ3n) is 9.68. The van der Waals surface area contributed by atoms with Crippen molar-refractivity contribution in [3.05, 3.63) is 108 Å². The highest BCUT2D eigenvalue weighted by Crippen LogP contribution is 2.36. The Kier molecular flexibility index (Phi) is 8.81. The molecule has 2 fully saturated rings. The maximum atomic E-state index is 14.1. The van der Waals surface area contributed by atoms with Gasteiger partial charge in [0, 0.05) is 6.54 Å². The largest absolute Gasteiger partial charge is 0.341 e. The average Bonchev–Trinajstić information content (AvgIpc) is 3.94. The minimum atomic E-state index is -0.293. The summed E-state index contributed by atoms with van der Waals surface area (Å²) in [6.45, 7) is 7.68. The molecule has 8 heteroatoms. The zero-order chi connectivity index (χ0) is 31.5. The lowest BCUT2D eigenvalue weighted by molar-refractivity contribution is -0.138. The number of likely N-dealkylation sites (tertiary alicyclic amines) is 1. The number of carbonyl (C=O) groups is 1. The smallest absolute Gasteiger partial charge is 0.245 e. The summed E-state index contributed by atoms with van der Waals surface area (Å²) in [5.41, 5.74) is 7.59. The van der Waals surface area contributed by atoms with E-state index in [2.05, 4.69) is 99.7 Å². The highest BCUT2D eigenvalue weighted by Gasteiger charge is 2.38. The molecule has 0 aliphatic carbocycles. The highest BCUT2D eigenvalue weighted by molar-refractivity contribution is 5.84. The van der Waals surface area contributed by atoms with Gasteiger partial charge in [0.05, 0.1) is 35.9 Å². The van der Waals surface area contributed by atoms with Crippen LogP contribution in [-0.4, -0.2) is 61.8 Å². The van der Waals surface area contributed by atoms with Gasteiger partial charge in [0.25, 0.3) is 0 Å². The third-order valence-corrected chi connectivity index (χ3v) is 9.68. The molecule has 236 valence electrons. The maximum absolute atomic E-state index is 14.1. The number of imidazole rings is 2. The van der Waals surface area contributed by atoms with Crippen LogP contribution < -0.4 is 5.32 Å². The van der Waals surface area contributed by atoms with Crippen LogP contribution in [0.15, 0.2) is 91.3 Å². The Bertz CT molecular complexity index is 1730. The molecule has 8 nitrogen and oxygen atoms in total. The molecule has 0 saturated carbocycles. The number of carbonyl (C=O) groups excluding carboxylic acids is 1. The van der Waals surface area contributed by atoms with Crippen molar-refractivity contribution < 1.29 is 4.79 Å². The molecule has 2 aromatic heterocycles. The lowest BCUT2D eigenvalue weighted by Crippen LogP contribution is -2.43. The number of hydrogen-bond acceptors (Lipinski definition) is 5. The summed E-state index contributed by atoms with van der Waals surface area (Å²) in [6, 6.07) is 27.4. The van der Waals surface area contributed by atoms with Crippen molar-refractivity contribution in [3.8, 4) is 33.6 Å². The van der Waals surface area contributed by atoms with E-state index >= 15 is 0 Å². The molecular weight excluding hydrogens is 570 g/mol. The molecule has 0 radical (unpaired) electrons. The molecular formula is C38H43N7O. The van der Waals surface area contributed by atoms with E-state index in [0.29, 0.717) is 6.04 Å². The Balaban J connectivity index is 1.05. The van der Waals surface area contributed by atoms with Crippen LogP contribution in [0, 0.1) is 0 Å². The second-order valence-corrected chi connectivity index (χ2v) is 12.4. The third kappa shape index (κ3) is 6.02. The Morgan fingerprint density at radius 2 is 1.37 bits per heavy atom. The summed E-state index contributed by atoms with van der Waals surface area (Å²) >= 11 is 0. The molecule has 0 bridgehead atoms. The number of likely N-dealkylation sites (N-methyl/N-ethyl adjacent to an activating group) is 1. The van der Waals surface area contributed by atoms with Crippen LogP contribution in [0.1, 0.15) is 74.9 Å². The van der Waals surface area contributed by atoms with Crippen molar-refractivity contribution >= 4 is 5.91 Å². The lowest BCUT2D eigenvalue weighted by Gasteiger charge is -2.34. The van der Waals surface area contributed by atoms with Crippen LogP contribution >= 0.6 is 0 Å². The molecule has 2 aliphatic heterocycles. The fourth-order valence-electron chi connectivity index (χ4n) is 7.12. The predicted molar refractivity (Wildman–Crippen MR) is 183 cm³/mol. The van der Waals surface area contributed by atoms with Crippen LogP contribution in [-0.2, 0) is 4.79 Å². The first-order valence-electron chi connectivity index (χ1n) is 16.8. The second-order valence-electron chi connectivity index (χ2n) is 12.4. The van der Waals surface area contributed by atoms with Crippen LogP contribution in [0.2, 0.25) is 0 Å². The minimum Gasteiger partial charge on any atom is -0.341 e. The first-order chi connectivity index (χ1) is 22.6. The van der Waals surface area contributed by atoms with E-state index in [0.717, 1.165) is 90.7 Å². The van der Waals surface area contributed by atoms with Crippen LogP contribution in [0.4, 0.5) is 0 Å². The lowest BCUT2D eigenvalue weighted by atomic mass is 10.0. The van der Waals surface area contributed by atoms with Gasteiger partial charge in [-0.25, -0.2) is 9.97 Å². The van der Waals surface area contributed by atoms with Gasteiger partial charge in [-0.1, -0.05) is 92.7 Å². The highest BCUT2D eigenvalue weighted by atomic mass is 16.2. The molecule has 3 aromatic carbocycles. The molecule has 2 aliphatic rings. The Morgan fingerprint density at radius 3 is 1.96 bits per heavy atom. The van der Waals surface area contributed by atoms with Crippen molar-refractivity contribution in [3.63, 3.8) is 0 Å². The number of nitrogens with zero attached hydrogens (tertiary/aromatic N) is 4. The van der Waals surface area contributed by atoms with Gasteiger partial charge in [-0.15, -0.1) is 0 Å². The minimum absolute atomic E-state index is 0.0545. The molecule has 5 aromatic rings. The van der Waals surface area contributed by atoms with Gasteiger partial charge in [-0.3, -0.25) is 9.69 Å². The summed E-state index contributed by atoms with van der Waals surface area (Å²) in [6.07, 6.45) is 8.04. The average molecular weight is 614 g/mol. The van der Waals surface area contributed by atoms with Crippen molar-refractivity contribution in [2.24, 2.45) is 0 Å². The van der Waals surface area contributed by atoms with E-state index in [4.69, 9.17) is 4.98 Å². The molecule has 2 saturated heterocycles. The summed E-state index contributed by atoms with van der Waals surface area (Å²) in [5.74, 6) is 2.04. The van der Waals surface area contributed by atoms with E-state index in [9.17, 15) is 4.79 Å². The number of amides is 1. The van der Waals surface area contributed by atoms with Gasteiger partial charge in [-0.05, 0) is 73.1 Å². The number of nitrogens with one attached hydrogen (secondary N) is 3. The topological polar surface area (TPSA) is 92.9 Å². The number of rotatable bonds is 10. The number of hydrogen-bond donors (Lipinski definition) is 3. The zero-order valence-electron chi connectivity index (χ0n) is 26.7. The van der Waals surface area contributed by atoms with E-state index in [1.165, 1.54) is 12.0 Å². The standard InChI is InChI=1S/C38H43N7O/c1-3-44(4-2)35(30-10-6-5-7-11-30)38(46)45-23-9-13-34(45)37-41-25-33(43-37)29-20-16-27(17-21-29)26-14-18-28(19-15-26)32-24-40-36(42-32)31-12-8-22-39-31/h5-7,10-11,14-21,24-25,31,34-35,39H,3-4,8-9,12-13,22-23H2,1-2H3,(H,40,42)(H,41,43)/t31-,34?,35+/m0/s1. The summed E-state index contributed by atoms with van der Waals surface area (Å²) in [4.78, 5) is 34.9. The summed E-state index contributed by atoms with van der Waals surface area (Å²) in [5, 5.41) is 3.51. The van der Waals surface area contributed by atoms with Gasteiger partial charge in [0.1, 0.15) is 17.7 Å². The second kappa shape index (κ2) is 13.4. The van der Waals surface area contributed by atoms with Crippen molar-refractivity contribution in [1.29, 1.82) is 0 Å². The van der Waals surface area contributed by atoms with Crippen molar-refractivity contribution in [1.82, 2.24) is 35.1 Å². The maximum Gasteiger partial charge on any atom is 0.245 e. The first kappa shape index (κ1) is 30.1. The Labute approximate surface area is 271 Å². The van der Waals surface area contributed by atoms with E-state index < -0.39 is 0 Å². The molecule has 1 amide bonds.